The van der Waals surface area contributed by atoms with Crippen LogP contribution in [0.1, 0.15) is 46.8 Å². The second-order valence-electron chi connectivity index (χ2n) is 8.74. The van der Waals surface area contributed by atoms with Gasteiger partial charge in [0.15, 0.2) is 11.5 Å². The standard InChI is InChI=1S/C29H30N2O3/c1-4-31(20-10-6-5-7-11-20)29(32)24-15-9-14-23-21-12-8-13-22(21)27(30-28(23)24)19-16-17-25(33-2)26(18-19)34-3/h5-12,14-18,21-22,27,30H,4,13H2,1-3H3. The molecule has 0 spiro atoms. The molecule has 3 aromatic carbocycles. The summed E-state index contributed by atoms with van der Waals surface area (Å²) in [6.45, 7) is 2.60. The Morgan fingerprint density at radius 3 is 2.53 bits per heavy atom. The van der Waals surface area contributed by atoms with Crippen molar-refractivity contribution in [2.24, 2.45) is 5.92 Å². The largest absolute Gasteiger partial charge is 0.493 e. The number of rotatable bonds is 6. The van der Waals surface area contributed by atoms with Gasteiger partial charge in [-0.15, -0.1) is 0 Å². The minimum absolute atomic E-state index is 0.00420. The van der Waals surface area contributed by atoms with Crippen molar-refractivity contribution < 1.29 is 14.3 Å². The van der Waals surface area contributed by atoms with Crippen molar-refractivity contribution in [2.45, 2.75) is 25.3 Å². The molecule has 174 valence electrons. The van der Waals surface area contributed by atoms with Crippen LogP contribution in [0.4, 0.5) is 11.4 Å². The lowest BCUT2D eigenvalue weighted by molar-refractivity contribution is 0.0988. The van der Waals surface area contributed by atoms with Gasteiger partial charge in [0.25, 0.3) is 5.91 Å². The number of nitrogens with one attached hydrogen (secondary N) is 1. The summed E-state index contributed by atoms with van der Waals surface area (Å²) in [6.07, 6.45) is 5.54. The number of carbonyl (C=O) groups is 1. The molecular formula is C29H30N2O3. The van der Waals surface area contributed by atoms with Gasteiger partial charge in [0.1, 0.15) is 0 Å². The minimum Gasteiger partial charge on any atom is -0.493 e. The Hall–Kier alpha value is -3.73. The molecule has 5 nitrogen and oxygen atoms in total. The normalized spacial score (nSPS) is 20.1. The van der Waals surface area contributed by atoms with Gasteiger partial charge in [-0.2, -0.15) is 0 Å². The molecule has 0 bridgehead atoms. The Morgan fingerprint density at radius 1 is 1.00 bits per heavy atom. The van der Waals surface area contributed by atoms with Gasteiger partial charge in [-0.05, 0) is 60.7 Å². The Balaban J connectivity index is 1.57. The van der Waals surface area contributed by atoms with E-state index in [1.54, 1.807) is 14.2 Å². The molecule has 1 heterocycles. The lowest BCUT2D eigenvalue weighted by Gasteiger charge is -2.39. The molecular weight excluding hydrogens is 424 g/mol. The fourth-order valence-corrected chi connectivity index (χ4v) is 5.37. The van der Waals surface area contributed by atoms with Crippen molar-refractivity contribution in [2.75, 3.05) is 31.0 Å². The Labute approximate surface area is 201 Å². The first-order chi connectivity index (χ1) is 16.7. The molecule has 0 saturated heterocycles. The third kappa shape index (κ3) is 3.71. The van der Waals surface area contributed by atoms with Crippen LogP contribution in [0.25, 0.3) is 0 Å². The highest BCUT2D eigenvalue weighted by Crippen LogP contribution is 2.51. The number of benzene rings is 3. The van der Waals surface area contributed by atoms with E-state index in [0.29, 0.717) is 29.5 Å². The highest BCUT2D eigenvalue weighted by molar-refractivity contribution is 6.10. The number of carbonyl (C=O) groups excluding carboxylic acids is 1. The van der Waals surface area contributed by atoms with Gasteiger partial charge < -0.3 is 19.7 Å². The van der Waals surface area contributed by atoms with Crippen molar-refractivity contribution in [1.29, 1.82) is 0 Å². The van der Waals surface area contributed by atoms with Crippen LogP contribution in [0.5, 0.6) is 11.5 Å². The van der Waals surface area contributed by atoms with Gasteiger partial charge in [0.05, 0.1) is 31.5 Å². The lowest BCUT2D eigenvalue weighted by atomic mass is 9.76. The summed E-state index contributed by atoms with van der Waals surface area (Å²) in [7, 11) is 3.30. The van der Waals surface area contributed by atoms with Gasteiger partial charge in [0.2, 0.25) is 0 Å². The number of anilines is 2. The summed E-state index contributed by atoms with van der Waals surface area (Å²) in [4.78, 5) is 15.6. The summed E-state index contributed by atoms with van der Waals surface area (Å²) in [5.74, 6) is 2.05. The van der Waals surface area contributed by atoms with Crippen molar-refractivity contribution in [3.05, 3.63) is 95.6 Å². The molecule has 5 heteroatoms. The first kappa shape index (κ1) is 22.1. The molecule has 1 aliphatic heterocycles. The second-order valence-corrected chi connectivity index (χ2v) is 8.74. The number of para-hydroxylation sites is 2. The fraction of sp³-hybridized carbons (Fsp3) is 0.276. The summed E-state index contributed by atoms with van der Waals surface area (Å²) < 4.78 is 11.0. The smallest absolute Gasteiger partial charge is 0.260 e. The van der Waals surface area contributed by atoms with Crippen LogP contribution in [0, 0.1) is 5.92 Å². The number of methoxy groups -OCH3 is 2. The van der Waals surface area contributed by atoms with Crippen LogP contribution < -0.4 is 19.7 Å². The zero-order valence-electron chi connectivity index (χ0n) is 19.8. The van der Waals surface area contributed by atoms with Gasteiger partial charge in [-0.25, -0.2) is 0 Å². The Bertz CT molecular complexity index is 1220. The molecule has 5 rings (SSSR count). The van der Waals surface area contributed by atoms with E-state index >= 15 is 0 Å². The van der Waals surface area contributed by atoms with Crippen LogP contribution in [-0.4, -0.2) is 26.7 Å². The van der Waals surface area contributed by atoms with Crippen molar-refractivity contribution >= 4 is 17.3 Å². The zero-order chi connectivity index (χ0) is 23.7. The van der Waals surface area contributed by atoms with Crippen LogP contribution in [0.3, 0.4) is 0 Å². The average Bonchev–Trinajstić information content (AvgIpc) is 3.39. The fourth-order valence-electron chi connectivity index (χ4n) is 5.37. The third-order valence-corrected chi connectivity index (χ3v) is 7.02. The molecule has 0 aromatic heterocycles. The van der Waals surface area contributed by atoms with E-state index < -0.39 is 0 Å². The molecule has 0 saturated carbocycles. The van der Waals surface area contributed by atoms with Gasteiger partial charge in [0, 0.05) is 18.2 Å². The predicted octanol–water partition coefficient (Wildman–Crippen LogP) is 6.20. The summed E-state index contributed by atoms with van der Waals surface area (Å²) in [5.41, 5.74) is 4.84. The maximum atomic E-state index is 13.8. The van der Waals surface area contributed by atoms with Crippen LogP contribution in [0.15, 0.2) is 78.9 Å². The third-order valence-electron chi connectivity index (χ3n) is 7.02. The van der Waals surface area contributed by atoms with Crippen molar-refractivity contribution in [3.8, 4) is 11.5 Å². The molecule has 34 heavy (non-hydrogen) atoms. The number of amides is 1. The quantitative estimate of drug-likeness (QED) is 0.451. The van der Waals surface area contributed by atoms with Crippen LogP contribution in [-0.2, 0) is 0 Å². The maximum absolute atomic E-state index is 13.8. The van der Waals surface area contributed by atoms with Crippen LogP contribution >= 0.6 is 0 Å². The Kier molecular flexibility index (Phi) is 6.01. The summed E-state index contributed by atoms with van der Waals surface area (Å²) in [6, 6.07) is 22.1. The second kappa shape index (κ2) is 9.26. The molecule has 1 N–H and O–H groups in total. The van der Waals surface area contributed by atoms with Crippen LogP contribution in [0.2, 0.25) is 0 Å². The zero-order valence-corrected chi connectivity index (χ0v) is 19.8. The summed E-state index contributed by atoms with van der Waals surface area (Å²) in [5, 5.41) is 3.77. The number of hydrogen-bond donors (Lipinski definition) is 1. The lowest BCUT2D eigenvalue weighted by Crippen LogP contribution is -2.34. The minimum atomic E-state index is 0.00420. The SMILES string of the molecule is CCN(C(=O)c1cccc2c1NC(c1ccc(OC)c(OC)c1)C1CC=CC21)c1ccccc1. The van der Waals surface area contributed by atoms with Crippen molar-refractivity contribution in [3.63, 3.8) is 0 Å². The van der Waals surface area contributed by atoms with Crippen molar-refractivity contribution in [1.82, 2.24) is 0 Å². The molecule has 1 amide bonds. The Morgan fingerprint density at radius 2 is 1.79 bits per heavy atom. The van der Waals surface area contributed by atoms with E-state index in [9.17, 15) is 4.79 Å². The van der Waals surface area contributed by atoms with E-state index in [4.69, 9.17) is 9.47 Å². The van der Waals surface area contributed by atoms with Gasteiger partial charge in [-0.3, -0.25) is 4.79 Å². The predicted molar refractivity (Wildman–Crippen MR) is 136 cm³/mol. The molecule has 0 fully saturated rings. The first-order valence-electron chi connectivity index (χ1n) is 11.8. The number of hydrogen-bond acceptors (Lipinski definition) is 4. The van der Waals surface area contributed by atoms with E-state index in [0.717, 1.165) is 23.4 Å². The monoisotopic (exact) mass is 454 g/mol. The highest BCUT2D eigenvalue weighted by atomic mass is 16.5. The molecule has 3 atom stereocenters. The molecule has 1 aliphatic carbocycles. The van der Waals surface area contributed by atoms with Gasteiger partial charge in [-0.1, -0.05) is 48.6 Å². The van der Waals surface area contributed by atoms with E-state index in [1.165, 1.54) is 5.56 Å². The number of ether oxygens (including phenoxy) is 2. The summed E-state index contributed by atoms with van der Waals surface area (Å²) >= 11 is 0. The number of nitrogens with zero attached hydrogens (tertiary/aromatic N) is 1. The van der Waals surface area contributed by atoms with E-state index in [1.807, 2.05) is 66.4 Å². The molecule has 3 aromatic rings. The molecule has 0 radical (unpaired) electrons. The molecule has 2 aliphatic rings. The number of allylic oxidation sites excluding steroid dienone is 2. The average molecular weight is 455 g/mol. The highest BCUT2D eigenvalue weighted by Gasteiger charge is 2.40. The molecule has 3 unspecified atom stereocenters. The van der Waals surface area contributed by atoms with E-state index in [-0.39, 0.29) is 17.9 Å². The maximum Gasteiger partial charge on any atom is 0.260 e. The van der Waals surface area contributed by atoms with Gasteiger partial charge >= 0.3 is 0 Å². The number of fused-ring (bicyclic) bond motifs is 3. The first-order valence-corrected chi connectivity index (χ1v) is 11.8. The topological polar surface area (TPSA) is 50.8 Å². The van der Waals surface area contributed by atoms with E-state index in [2.05, 4.69) is 29.6 Å².